The number of fused-ring (bicyclic) bond motifs is 3. The molecule has 0 aliphatic carbocycles. The van der Waals surface area contributed by atoms with Crippen LogP contribution >= 0.6 is 0 Å². The largest absolute Gasteiger partial charge is 0.425 e. The fourth-order valence-electron chi connectivity index (χ4n) is 3.98. The third kappa shape index (κ3) is 4.20. The van der Waals surface area contributed by atoms with Gasteiger partial charge < -0.3 is 14.5 Å². The molecule has 4 heterocycles. The summed E-state index contributed by atoms with van der Waals surface area (Å²) < 4.78 is 21.8. The third-order valence-electron chi connectivity index (χ3n) is 5.58. The van der Waals surface area contributed by atoms with Crippen LogP contribution in [-0.4, -0.2) is 31.1 Å². The predicted molar refractivity (Wildman–Crippen MR) is 122 cm³/mol. The van der Waals surface area contributed by atoms with Crippen LogP contribution in [0.4, 0.5) is 4.39 Å². The summed E-state index contributed by atoms with van der Waals surface area (Å²) in [6, 6.07) is 13.8. The number of halogens is 1. The van der Waals surface area contributed by atoms with Gasteiger partial charge in [-0.25, -0.2) is 9.37 Å². The summed E-state index contributed by atoms with van der Waals surface area (Å²) in [6.45, 7) is 1.34. The first-order valence-corrected chi connectivity index (χ1v) is 10.5. The van der Waals surface area contributed by atoms with Crippen molar-refractivity contribution >= 4 is 21.8 Å². The summed E-state index contributed by atoms with van der Waals surface area (Å²) in [5.74, 6) is -0.286. The molecule has 0 bridgehead atoms. The lowest BCUT2D eigenvalue weighted by Crippen LogP contribution is -2.17. The molecular weight excluding hydrogens is 423 g/mol. The van der Waals surface area contributed by atoms with Gasteiger partial charge >= 0.3 is 5.56 Å². The maximum Gasteiger partial charge on any atom is 0.309 e. The average molecular weight is 444 g/mol. The van der Waals surface area contributed by atoms with Gasteiger partial charge in [-0.1, -0.05) is 18.2 Å². The first kappa shape index (κ1) is 20.8. The van der Waals surface area contributed by atoms with Gasteiger partial charge in [0.1, 0.15) is 11.3 Å². The number of pyridine rings is 3. The van der Waals surface area contributed by atoms with Crippen LogP contribution in [0, 0.1) is 5.82 Å². The van der Waals surface area contributed by atoms with Gasteiger partial charge in [0.2, 0.25) is 0 Å². The standard InChI is InChI=1S/C25H21FN4O3/c26-19-6-4-17(5-7-19)14-29-15-18(16-33-12-9-20-3-1-2-10-27-20)23-21-8-11-30(32)25(31)24(21)28-13-22(23)29/h1-8,10-11,13,15,32H,9,12,14,16H2. The van der Waals surface area contributed by atoms with E-state index in [9.17, 15) is 14.4 Å². The quantitative estimate of drug-likeness (QED) is 0.304. The fourth-order valence-corrected chi connectivity index (χ4v) is 3.98. The van der Waals surface area contributed by atoms with Crippen LogP contribution in [0.25, 0.3) is 21.8 Å². The Labute approximate surface area is 188 Å². The molecule has 0 atom stereocenters. The zero-order valence-electron chi connectivity index (χ0n) is 17.7. The van der Waals surface area contributed by atoms with Crippen molar-refractivity contribution in [1.82, 2.24) is 19.3 Å². The van der Waals surface area contributed by atoms with E-state index in [4.69, 9.17) is 4.74 Å². The zero-order valence-corrected chi connectivity index (χ0v) is 17.7. The fraction of sp³-hybridized carbons (Fsp3) is 0.160. The molecule has 0 radical (unpaired) electrons. The lowest BCUT2D eigenvalue weighted by Gasteiger charge is -2.07. The van der Waals surface area contributed by atoms with Crippen LogP contribution in [0.1, 0.15) is 16.8 Å². The number of benzene rings is 1. The van der Waals surface area contributed by atoms with Gasteiger partial charge in [-0.3, -0.25) is 9.78 Å². The minimum absolute atomic E-state index is 0.182. The maximum absolute atomic E-state index is 13.3. The maximum atomic E-state index is 13.3. The number of nitrogens with zero attached hydrogens (tertiary/aromatic N) is 4. The Hall–Kier alpha value is -4.04. The SMILES string of the molecule is O=c1c2ncc3c(c(COCCc4ccccn4)cn3Cc3ccc(F)cc3)c2ccn1O. The molecule has 8 heteroatoms. The number of ether oxygens (including phenoxy) is 1. The number of hydrogen-bond acceptors (Lipinski definition) is 5. The number of hydrogen-bond donors (Lipinski definition) is 1. The van der Waals surface area contributed by atoms with Gasteiger partial charge in [-0.2, -0.15) is 4.73 Å². The number of rotatable bonds is 7. The van der Waals surface area contributed by atoms with E-state index in [1.54, 1.807) is 30.6 Å². The van der Waals surface area contributed by atoms with Crippen LogP contribution in [0.2, 0.25) is 0 Å². The highest BCUT2D eigenvalue weighted by molar-refractivity contribution is 6.06. The Kier molecular flexibility index (Phi) is 5.58. The van der Waals surface area contributed by atoms with Gasteiger partial charge in [0.05, 0.1) is 24.9 Å². The molecule has 5 rings (SSSR count). The summed E-state index contributed by atoms with van der Waals surface area (Å²) in [5.41, 5.74) is 3.21. The van der Waals surface area contributed by atoms with E-state index in [2.05, 4.69) is 9.97 Å². The molecule has 7 nitrogen and oxygen atoms in total. The molecule has 4 aromatic heterocycles. The lowest BCUT2D eigenvalue weighted by molar-refractivity contribution is 0.124. The van der Waals surface area contributed by atoms with Gasteiger partial charge in [0.25, 0.3) is 0 Å². The van der Waals surface area contributed by atoms with Crippen LogP contribution in [0.5, 0.6) is 0 Å². The highest BCUT2D eigenvalue weighted by Gasteiger charge is 2.16. The Bertz CT molecular complexity index is 1480. The van der Waals surface area contributed by atoms with Crippen LogP contribution in [0.3, 0.4) is 0 Å². The van der Waals surface area contributed by atoms with Crippen molar-refractivity contribution in [3.05, 3.63) is 106 Å². The Balaban J connectivity index is 1.51. The predicted octanol–water partition coefficient (Wildman–Crippen LogP) is 3.93. The first-order valence-electron chi connectivity index (χ1n) is 10.5. The second-order valence-electron chi connectivity index (χ2n) is 7.78. The molecule has 1 N–H and O–H groups in total. The molecule has 0 aliphatic rings. The van der Waals surface area contributed by atoms with Crippen molar-refractivity contribution in [3.63, 3.8) is 0 Å². The zero-order chi connectivity index (χ0) is 22.8. The van der Waals surface area contributed by atoms with Gasteiger partial charge in [0, 0.05) is 53.6 Å². The van der Waals surface area contributed by atoms with Crippen molar-refractivity contribution < 1.29 is 14.3 Å². The van der Waals surface area contributed by atoms with Gasteiger partial charge in [-0.05, 0) is 35.9 Å². The number of aromatic nitrogens is 4. The van der Waals surface area contributed by atoms with Crippen LogP contribution < -0.4 is 5.56 Å². The normalized spacial score (nSPS) is 11.4. The van der Waals surface area contributed by atoms with E-state index in [1.807, 2.05) is 29.0 Å². The van der Waals surface area contributed by atoms with Crippen molar-refractivity contribution in [3.8, 4) is 0 Å². The van der Waals surface area contributed by atoms with E-state index in [0.717, 1.165) is 27.7 Å². The second-order valence-corrected chi connectivity index (χ2v) is 7.78. The topological polar surface area (TPSA) is 82.2 Å². The van der Waals surface area contributed by atoms with Gasteiger partial charge in [0.15, 0.2) is 0 Å². The summed E-state index contributed by atoms with van der Waals surface area (Å²) in [5, 5.41) is 11.2. The summed E-state index contributed by atoms with van der Waals surface area (Å²) in [4.78, 5) is 21.0. The van der Waals surface area contributed by atoms with E-state index in [1.165, 1.54) is 18.3 Å². The molecule has 166 valence electrons. The molecule has 1 aromatic carbocycles. The molecule has 0 fully saturated rings. The molecule has 0 aliphatic heterocycles. The first-order chi connectivity index (χ1) is 16.1. The molecule has 33 heavy (non-hydrogen) atoms. The minimum Gasteiger partial charge on any atom is -0.425 e. The van der Waals surface area contributed by atoms with Crippen LogP contribution in [0.15, 0.2) is 78.1 Å². The summed E-state index contributed by atoms with van der Waals surface area (Å²) in [7, 11) is 0. The van der Waals surface area contributed by atoms with Crippen molar-refractivity contribution in [2.24, 2.45) is 0 Å². The molecule has 0 unspecified atom stereocenters. The smallest absolute Gasteiger partial charge is 0.309 e. The minimum atomic E-state index is -0.581. The molecule has 0 amide bonds. The average Bonchev–Trinajstić information content (AvgIpc) is 3.19. The van der Waals surface area contributed by atoms with E-state index < -0.39 is 5.56 Å². The monoisotopic (exact) mass is 444 g/mol. The summed E-state index contributed by atoms with van der Waals surface area (Å²) in [6.07, 6.45) is 7.35. The van der Waals surface area contributed by atoms with Gasteiger partial charge in [-0.15, -0.1) is 0 Å². The lowest BCUT2D eigenvalue weighted by atomic mass is 10.1. The summed E-state index contributed by atoms with van der Waals surface area (Å²) >= 11 is 0. The molecule has 0 saturated heterocycles. The van der Waals surface area contributed by atoms with Crippen molar-refractivity contribution in [1.29, 1.82) is 0 Å². The molecule has 5 aromatic rings. The Morgan fingerprint density at radius 3 is 2.70 bits per heavy atom. The van der Waals surface area contributed by atoms with Crippen molar-refractivity contribution in [2.75, 3.05) is 6.61 Å². The highest BCUT2D eigenvalue weighted by Crippen LogP contribution is 2.28. The van der Waals surface area contributed by atoms with E-state index in [-0.39, 0.29) is 11.3 Å². The van der Waals surface area contributed by atoms with E-state index in [0.29, 0.717) is 36.3 Å². The van der Waals surface area contributed by atoms with Crippen LogP contribution in [-0.2, 0) is 24.3 Å². The Morgan fingerprint density at radius 2 is 1.91 bits per heavy atom. The highest BCUT2D eigenvalue weighted by atomic mass is 19.1. The van der Waals surface area contributed by atoms with Crippen molar-refractivity contribution in [2.45, 2.75) is 19.6 Å². The molecule has 0 saturated carbocycles. The molecule has 0 spiro atoms. The second kappa shape index (κ2) is 8.84. The van der Waals surface area contributed by atoms with E-state index >= 15 is 0 Å². The Morgan fingerprint density at radius 1 is 1.06 bits per heavy atom. The molecular formula is C25H21FN4O3. The third-order valence-corrected chi connectivity index (χ3v) is 5.58.